The van der Waals surface area contributed by atoms with E-state index in [0.29, 0.717) is 11.3 Å². The van der Waals surface area contributed by atoms with E-state index in [4.69, 9.17) is 13.9 Å². The number of rotatable bonds is 6. The zero-order valence-corrected chi connectivity index (χ0v) is 13.6. The van der Waals surface area contributed by atoms with Crippen LogP contribution >= 0.6 is 0 Å². The molecule has 0 fully saturated rings. The molecule has 0 aliphatic heterocycles. The third kappa shape index (κ3) is 4.44. The first-order valence-electron chi connectivity index (χ1n) is 7.63. The van der Waals surface area contributed by atoms with Crippen molar-refractivity contribution in [2.24, 2.45) is 0 Å². The summed E-state index contributed by atoms with van der Waals surface area (Å²) in [5.41, 5.74) is 1.52. The maximum Gasteiger partial charge on any atom is 0.310 e. The largest absolute Gasteiger partial charge is 0.497 e. The molecule has 0 saturated carbocycles. The van der Waals surface area contributed by atoms with E-state index in [2.05, 4.69) is 4.98 Å². The van der Waals surface area contributed by atoms with Gasteiger partial charge in [0.05, 0.1) is 19.7 Å². The molecule has 0 spiro atoms. The number of esters is 1. The maximum absolute atomic E-state index is 12.9. The molecule has 6 heteroatoms. The average molecular weight is 341 g/mol. The molecule has 0 aliphatic carbocycles. The van der Waals surface area contributed by atoms with Crippen LogP contribution < -0.4 is 4.74 Å². The first-order valence-corrected chi connectivity index (χ1v) is 7.63. The highest BCUT2D eigenvalue weighted by Gasteiger charge is 2.10. The van der Waals surface area contributed by atoms with E-state index in [9.17, 15) is 9.18 Å². The number of oxazole rings is 1. The van der Waals surface area contributed by atoms with Gasteiger partial charge in [0, 0.05) is 5.56 Å². The van der Waals surface area contributed by atoms with Crippen LogP contribution in [0.3, 0.4) is 0 Å². The van der Waals surface area contributed by atoms with Gasteiger partial charge in [-0.25, -0.2) is 9.37 Å². The maximum atomic E-state index is 12.9. The third-order valence-electron chi connectivity index (χ3n) is 3.55. The van der Waals surface area contributed by atoms with Crippen LogP contribution in [0.4, 0.5) is 4.39 Å². The second-order valence-electron chi connectivity index (χ2n) is 5.31. The van der Waals surface area contributed by atoms with Gasteiger partial charge in [-0.05, 0) is 42.0 Å². The lowest BCUT2D eigenvalue weighted by atomic mass is 10.1. The van der Waals surface area contributed by atoms with Crippen molar-refractivity contribution in [3.05, 3.63) is 72.0 Å². The normalized spacial score (nSPS) is 10.5. The Labute approximate surface area is 144 Å². The zero-order chi connectivity index (χ0) is 17.6. The molecule has 0 amide bonds. The van der Waals surface area contributed by atoms with E-state index in [1.54, 1.807) is 43.5 Å². The summed E-state index contributed by atoms with van der Waals surface area (Å²) in [6.45, 7) is -0.0593. The summed E-state index contributed by atoms with van der Waals surface area (Å²) in [5.74, 6) is 0.788. The van der Waals surface area contributed by atoms with Gasteiger partial charge in [-0.1, -0.05) is 12.1 Å². The standard InChI is InChI=1S/C19H16FNO4/c1-23-16-8-2-13(3-9-16)10-19(22)24-12-18-21-11-17(25-18)14-4-6-15(20)7-5-14/h2-9,11H,10,12H2,1H3. The molecule has 1 aromatic heterocycles. The summed E-state index contributed by atoms with van der Waals surface area (Å²) >= 11 is 0. The van der Waals surface area contributed by atoms with Crippen molar-refractivity contribution in [1.82, 2.24) is 4.98 Å². The lowest BCUT2D eigenvalue weighted by Crippen LogP contribution is -2.08. The predicted octanol–water partition coefficient (Wildman–Crippen LogP) is 3.78. The van der Waals surface area contributed by atoms with Gasteiger partial charge in [0.2, 0.25) is 5.89 Å². The summed E-state index contributed by atoms with van der Waals surface area (Å²) in [6, 6.07) is 13.0. The van der Waals surface area contributed by atoms with Gasteiger partial charge in [-0.2, -0.15) is 0 Å². The SMILES string of the molecule is COc1ccc(CC(=O)OCc2ncc(-c3ccc(F)cc3)o2)cc1. The number of hydrogen-bond acceptors (Lipinski definition) is 5. The minimum Gasteiger partial charge on any atom is -0.497 e. The van der Waals surface area contributed by atoms with Crippen LogP contribution in [0.15, 0.2) is 59.1 Å². The van der Waals surface area contributed by atoms with Crippen molar-refractivity contribution in [2.75, 3.05) is 7.11 Å². The molecule has 0 aliphatic rings. The Kier molecular flexibility index (Phi) is 5.09. The van der Waals surface area contributed by atoms with Crippen LogP contribution in [0.1, 0.15) is 11.5 Å². The summed E-state index contributed by atoms with van der Waals surface area (Å²) in [5, 5.41) is 0. The second-order valence-corrected chi connectivity index (χ2v) is 5.31. The monoisotopic (exact) mass is 341 g/mol. The molecule has 128 valence electrons. The first-order chi connectivity index (χ1) is 12.1. The van der Waals surface area contributed by atoms with Crippen molar-refractivity contribution in [1.29, 1.82) is 0 Å². The molecule has 0 N–H and O–H groups in total. The van der Waals surface area contributed by atoms with Crippen LogP contribution in [-0.4, -0.2) is 18.1 Å². The Balaban J connectivity index is 1.54. The van der Waals surface area contributed by atoms with E-state index >= 15 is 0 Å². The van der Waals surface area contributed by atoms with Crippen molar-refractivity contribution in [2.45, 2.75) is 13.0 Å². The molecule has 0 bridgehead atoms. The molecule has 25 heavy (non-hydrogen) atoms. The van der Waals surface area contributed by atoms with Gasteiger partial charge in [-0.15, -0.1) is 0 Å². The number of carbonyl (C=O) groups excluding carboxylic acids is 1. The van der Waals surface area contributed by atoms with E-state index in [1.165, 1.54) is 18.3 Å². The molecule has 1 heterocycles. The lowest BCUT2D eigenvalue weighted by molar-refractivity contribution is -0.144. The topological polar surface area (TPSA) is 61.6 Å². The van der Waals surface area contributed by atoms with Crippen LogP contribution in [0, 0.1) is 5.82 Å². The fourth-order valence-electron chi connectivity index (χ4n) is 2.23. The number of halogens is 1. The number of aromatic nitrogens is 1. The minimum atomic E-state index is -0.383. The van der Waals surface area contributed by atoms with Crippen LogP contribution in [0.2, 0.25) is 0 Å². The van der Waals surface area contributed by atoms with Crippen molar-refractivity contribution < 1.29 is 23.1 Å². The summed E-state index contributed by atoms with van der Waals surface area (Å²) in [6.07, 6.45) is 1.66. The molecule has 0 unspecified atom stereocenters. The van der Waals surface area contributed by atoms with Gasteiger partial charge in [0.15, 0.2) is 12.4 Å². The number of ether oxygens (including phenoxy) is 2. The molecule has 0 atom stereocenters. The van der Waals surface area contributed by atoms with E-state index in [-0.39, 0.29) is 30.7 Å². The van der Waals surface area contributed by atoms with Gasteiger partial charge < -0.3 is 13.9 Å². The highest BCUT2D eigenvalue weighted by atomic mass is 19.1. The summed E-state index contributed by atoms with van der Waals surface area (Å²) in [7, 11) is 1.58. The quantitative estimate of drug-likeness (QED) is 0.639. The average Bonchev–Trinajstić information content (AvgIpc) is 3.10. The molecule has 5 nitrogen and oxygen atoms in total. The van der Waals surface area contributed by atoms with Crippen molar-refractivity contribution in [3.8, 4) is 17.1 Å². The minimum absolute atomic E-state index is 0.0593. The summed E-state index contributed by atoms with van der Waals surface area (Å²) < 4.78 is 28.7. The number of methoxy groups -OCH3 is 1. The fraction of sp³-hybridized carbons (Fsp3) is 0.158. The summed E-state index contributed by atoms with van der Waals surface area (Å²) in [4.78, 5) is 16.0. The second kappa shape index (κ2) is 7.61. The number of hydrogen-bond donors (Lipinski definition) is 0. The predicted molar refractivity (Wildman–Crippen MR) is 88.4 cm³/mol. The van der Waals surface area contributed by atoms with E-state index in [0.717, 1.165) is 11.3 Å². The number of benzene rings is 2. The van der Waals surface area contributed by atoms with Gasteiger partial charge >= 0.3 is 5.97 Å². The Morgan fingerprint density at radius 3 is 2.52 bits per heavy atom. The molecule has 0 saturated heterocycles. The van der Waals surface area contributed by atoms with Crippen molar-refractivity contribution in [3.63, 3.8) is 0 Å². The van der Waals surface area contributed by atoms with Gasteiger partial charge in [0.1, 0.15) is 11.6 Å². The number of carbonyl (C=O) groups is 1. The molecular weight excluding hydrogens is 325 g/mol. The van der Waals surface area contributed by atoms with E-state index < -0.39 is 0 Å². The molecule has 3 rings (SSSR count). The van der Waals surface area contributed by atoms with Gasteiger partial charge in [0.25, 0.3) is 0 Å². The molecule has 0 radical (unpaired) electrons. The van der Waals surface area contributed by atoms with Crippen LogP contribution in [0.5, 0.6) is 5.75 Å². The van der Waals surface area contributed by atoms with E-state index in [1.807, 2.05) is 0 Å². The van der Waals surface area contributed by atoms with Gasteiger partial charge in [-0.3, -0.25) is 4.79 Å². The lowest BCUT2D eigenvalue weighted by Gasteiger charge is -2.04. The highest BCUT2D eigenvalue weighted by Crippen LogP contribution is 2.21. The zero-order valence-electron chi connectivity index (χ0n) is 13.6. The third-order valence-corrected chi connectivity index (χ3v) is 3.55. The molecule has 3 aromatic rings. The number of nitrogens with zero attached hydrogens (tertiary/aromatic N) is 1. The molecular formula is C19H16FNO4. The first kappa shape index (κ1) is 16.7. The van der Waals surface area contributed by atoms with Crippen molar-refractivity contribution >= 4 is 5.97 Å². The Hall–Kier alpha value is -3.15. The Morgan fingerprint density at radius 2 is 1.84 bits per heavy atom. The van der Waals surface area contributed by atoms with Crippen LogP contribution in [0.25, 0.3) is 11.3 Å². The Morgan fingerprint density at radius 1 is 1.12 bits per heavy atom. The Bertz CT molecular complexity index is 841. The smallest absolute Gasteiger partial charge is 0.310 e. The van der Waals surface area contributed by atoms with Crippen LogP contribution in [-0.2, 0) is 22.6 Å². The fourth-order valence-corrected chi connectivity index (χ4v) is 2.23. The highest BCUT2D eigenvalue weighted by molar-refractivity contribution is 5.72. The molecule has 2 aromatic carbocycles.